The van der Waals surface area contributed by atoms with Crippen LogP contribution in [0.15, 0.2) is 84.9 Å². The second kappa shape index (κ2) is 12.8. The Bertz CT molecular complexity index is 1460. The van der Waals surface area contributed by atoms with Crippen molar-refractivity contribution in [2.45, 2.75) is 26.2 Å². The summed E-state index contributed by atoms with van der Waals surface area (Å²) >= 11 is 5.93. The van der Waals surface area contributed by atoms with E-state index < -0.39 is 16.7 Å². The van der Waals surface area contributed by atoms with Gasteiger partial charge in [0.15, 0.2) is 0 Å². The predicted octanol–water partition coefficient (Wildman–Crippen LogP) is 6.37. The molecular weight excluding hydrogens is 518 g/mol. The van der Waals surface area contributed by atoms with Crippen LogP contribution < -0.4 is 5.32 Å². The maximum absolute atomic E-state index is 13.4. The molecule has 10 heteroatoms. The molecule has 1 N–H and O–H groups in total. The van der Waals surface area contributed by atoms with Gasteiger partial charge in [0, 0.05) is 29.8 Å². The number of hydrogen-bond acceptors (Lipinski definition) is 5. The molecular formula is C29H28ClN5O4. The van der Waals surface area contributed by atoms with Crippen LogP contribution >= 0.6 is 11.6 Å². The lowest BCUT2D eigenvalue weighted by Crippen LogP contribution is -2.39. The van der Waals surface area contributed by atoms with Gasteiger partial charge in [0.05, 0.1) is 16.3 Å². The molecule has 1 heterocycles. The summed E-state index contributed by atoms with van der Waals surface area (Å²) in [5.41, 5.74) is 2.07. The maximum atomic E-state index is 13.4. The molecule has 0 spiro atoms. The van der Waals surface area contributed by atoms with Crippen LogP contribution in [0.25, 0.3) is 16.9 Å². The monoisotopic (exact) mass is 545 g/mol. The highest BCUT2D eigenvalue weighted by atomic mass is 35.5. The maximum Gasteiger partial charge on any atom is 0.288 e. The first kappa shape index (κ1) is 27.5. The Morgan fingerprint density at radius 1 is 1.00 bits per heavy atom. The summed E-state index contributed by atoms with van der Waals surface area (Å²) in [7, 11) is 0. The molecule has 0 saturated heterocycles. The third kappa shape index (κ3) is 6.88. The molecule has 0 radical (unpaired) electrons. The van der Waals surface area contributed by atoms with Crippen LogP contribution in [0.4, 0.5) is 11.5 Å². The lowest BCUT2D eigenvalue weighted by atomic mass is 10.1. The minimum Gasteiger partial charge on any atom is -0.329 e. The van der Waals surface area contributed by atoms with E-state index in [-0.39, 0.29) is 22.8 Å². The fourth-order valence-electron chi connectivity index (χ4n) is 4.12. The zero-order valence-corrected chi connectivity index (χ0v) is 22.2. The number of carbonyl (C=O) groups is 2. The average Bonchev–Trinajstić information content (AvgIpc) is 3.37. The Morgan fingerprint density at radius 3 is 2.36 bits per heavy atom. The number of nitrogens with zero attached hydrogens (tertiary/aromatic N) is 4. The van der Waals surface area contributed by atoms with Crippen LogP contribution in [0.2, 0.25) is 5.02 Å². The second-order valence-electron chi connectivity index (χ2n) is 8.93. The van der Waals surface area contributed by atoms with Gasteiger partial charge in [-0.25, -0.2) is 4.68 Å². The number of benzene rings is 3. The fourth-order valence-corrected chi connectivity index (χ4v) is 4.30. The summed E-state index contributed by atoms with van der Waals surface area (Å²) in [6, 6.07) is 24.7. The lowest BCUT2D eigenvalue weighted by molar-refractivity contribution is -0.384. The van der Waals surface area contributed by atoms with Crippen LogP contribution in [0.1, 0.15) is 36.5 Å². The molecule has 2 amide bonds. The number of rotatable bonds is 11. The molecule has 0 unspecified atom stereocenters. The Labute approximate surface area is 231 Å². The van der Waals surface area contributed by atoms with Crippen LogP contribution in [-0.2, 0) is 4.79 Å². The van der Waals surface area contributed by atoms with Gasteiger partial charge in [-0.1, -0.05) is 79.9 Å². The van der Waals surface area contributed by atoms with E-state index in [1.807, 2.05) is 67.6 Å². The quantitative estimate of drug-likeness (QED) is 0.134. The number of nitrogens with one attached hydrogen (secondary N) is 1. The summed E-state index contributed by atoms with van der Waals surface area (Å²) in [6.45, 7) is 2.12. The molecule has 0 aliphatic heterocycles. The summed E-state index contributed by atoms with van der Waals surface area (Å²) in [4.78, 5) is 38.7. The summed E-state index contributed by atoms with van der Waals surface area (Å²) in [6.07, 6.45) is 2.48. The topological polar surface area (TPSA) is 110 Å². The van der Waals surface area contributed by atoms with Crippen molar-refractivity contribution >= 4 is 34.9 Å². The molecule has 9 nitrogen and oxygen atoms in total. The van der Waals surface area contributed by atoms with Gasteiger partial charge in [0.1, 0.15) is 17.4 Å². The van der Waals surface area contributed by atoms with Gasteiger partial charge in [0.25, 0.3) is 11.6 Å². The Kier molecular flexibility index (Phi) is 9.06. The highest BCUT2D eigenvalue weighted by Gasteiger charge is 2.23. The van der Waals surface area contributed by atoms with Crippen LogP contribution in [0.5, 0.6) is 0 Å². The number of carbonyl (C=O) groups excluding carboxylic acids is 2. The van der Waals surface area contributed by atoms with E-state index in [0.717, 1.165) is 30.2 Å². The lowest BCUT2D eigenvalue weighted by Gasteiger charge is -2.22. The Hall–Kier alpha value is -4.50. The van der Waals surface area contributed by atoms with Crippen LogP contribution in [-0.4, -0.2) is 44.5 Å². The Morgan fingerprint density at radius 2 is 1.69 bits per heavy atom. The van der Waals surface area contributed by atoms with Gasteiger partial charge < -0.3 is 10.2 Å². The molecule has 0 bridgehead atoms. The van der Waals surface area contributed by atoms with Crippen molar-refractivity contribution in [3.05, 3.63) is 106 Å². The molecule has 0 atom stereocenters. The van der Waals surface area contributed by atoms with Crippen molar-refractivity contribution in [3.63, 3.8) is 0 Å². The SMILES string of the molecule is CCCCCN(CC(=O)Nc1cc(-c2ccccc2)nn1-c1ccccc1)C(=O)c1ccc(Cl)c([N+](=O)[O-])c1. The van der Waals surface area contributed by atoms with E-state index in [9.17, 15) is 19.7 Å². The number of hydrogen-bond donors (Lipinski definition) is 1. The van der Waals surface area contributed by atoms with Crippen LogP contribution in [0, 0.1) is 10.1 Å². The number of nitro benzene ring substituents is 1. The molecule has 4 rings (SSSR count). The van der Waals surface area contributed by atoms with Crippen molar-refractivity contribution in [2.24, 2.45) is 0 Å². The van der Waals surface area contributed by atoms with E-state index in [2.05, 4.69) is 5.32 Å². The van der Waals surface area contributed by atoms with Crippen molar-refractivity contribution in [1.82, 2.24) is 14.7 Å². The van der Waals surface area contributed by atoms with E-state index in [1.54, 1.807) is 10.7 Å². The summed E-state index contributed by atoms with van der Waals surface area (Å²) in [5.74, 6) is -0.448. The summed E-state index contributed by atoms with van der Waals surface area (Å²) in [5, 5.41) is 18.9. The van der Waals surface area contributed by atoms with E-state index in [1.165, 1.54) is 17.0 Å². The zero-order valence-electron chi connectivity index (χ0n) is 21.4. The fraction of sp³-hybridized carbons (Fsp3) is 0.207. The first-order chi connectivity index (χ1) is 18.9. The number of amides is 2. The van der Waals surface area contributed by atoms with Gasteiger partial charge in [-0.05, 0) is 30.7 Å². The molecule has 0 fully saturated rings. The van der Waals surface area contributed by atoms with Crippen LogP contribution in [0.3, 0.4) is 0 Å². The number of halogens is 1. The normalized spacial score (nSPS) is 10.7. The third-order valence-corrected chi connectivity index (χ3v) is 6.41. The van der Waals surface area contributed by atoms with E-state index in [4.69, 9.17) is 16.7 Å². The largest absolute Gasteiger partial charge is 0.329 e. The van der Waals surface area contributed by atoms with E-state index >= 15 is 0 Å². The van der Waals surface area contributed by atoms with Crippen molar-refractivity contribution < 1.29 is 14.5 Å². The first-order valence-electron chi connectivity index (χ1n) is 12.6. The number of aromatic nitrogens is 2. The van der Waals surface area contributed by atoms with Gasteiger partial charge in [0.2, 0.25) is 5.91 Å². The minimum atomic E-state index is -0.637. The van der Waals surface area contributed by atoms with E-state index in [0.29, 0.717) is 24.5 Å². The summed E-state index contributed by atoms with van der Waals surface area (Å²) < 4.78 is 1.64. The van der Waals surface area contributed by atoms with Gasteiger partial charge in [-0.15, -0.1) is 0 Å². The van der Waals surface area contributed by atoms with Crippen molar-refractivity contribution in [1.29, 1.82) is 0 Å². The second-order valence-corrected chi connectivity index (χ2v) is 9.34. The molecule has 4 aromatic rings. The number of unbranched alkanes of at least 4 members (excludes halogenated alkanes) is 2. The smallest absolute Gasteiger partial charge is 0.288 e. The minimum absolute atomic E-state index is 0.0600. The molecule has 3 aromatic carbocycles. The number of para-hydroxylation sites is 1. The number of nitro groups is 1. The highest BCUT2D eigenvalue weighted by Crippen LogP contribution is 2.27. The number of anilines is 1. The highest BCUT2D eigenvalue weighted by molar-refractivity contribution is 6.32. The molecule has 39 heavy (non-hydrogen) atoms. The molecule has 1 aromatic heterocycles. The van der Waals surface area contributed by atoms with Gasteiger partial charge in [-0.3, -0.25) is 19.7 Å². The molecule has 0 aliphatic rings. The van der Waals surface area contributed by atoms with Gasteiger partial charge >= 0.3 is 0 Å². The standard InChI is InChI=1S/C29H28ClN5O4/c1-2-3-10-17-33(29(37)22-15-16-24(30)26(18-22)35(38)39)20-28(36)31-27-19-25(21-11-6-4-7-12-21)32-34(27)23-13-8-5-9-14-23/h4-9,11-16,18-19H,2-3,10,17,20H2,1H3,(H,31,36). The zero-order chi connectivity index (χ0) is 27.8. The average molecular weight is 546 g/mol. The molecule has 0 saturated carbocycles. The van der Waals surface area contributed by atoms with Crippen molar-refractivity contribution in [2.75, 3.05) is 18.4 Å². The predicted molar refractivity (Wildman–Crippen MR) is 151 cm³/mol. The van der Waals surface area contributed by atoms with Gasteiger partial charge in [-0.2, -0.15) is 5.10 Å². The first-order valence-corrected chi connectivity index (χ1v) is 13.0. The third-order valence-electron chi connectivity index (χ3n) is 6.09. The molecule has 200 valence electrons. The van der Waals surface area contributed by atoms with Crippen molar-refractivity contribution in [3.8, 4) is 16.9 Å². The Balaban J connectivity index is 1.60. The molecule has 0 aliphatic carbocycles.